The Morgan fingerprint density at radius 3 is 2.70 bits per heavy atom. The molecule has 2 saturated heterocycles. The molecule has 0 aromatic heterocycles. The van der Waals surface area contributed by atoms with Crippen LogP contribution < -0.4 is 5.32 Å². The van der Waals surface area contributed by atoms with Crippen molar-refractivity contribution in [3.05, 3.63) is 12.2 Å². The molecule has 3 aliphatic rings. The number of likely N-dealkylation sites (tertiary alicyclic amines) is 1. The van der Waals surface area contributed by atoms with Crippen LogP contribution in [-0.2, 0) is 23.9 Å². The van der Waals surface area contributed by atoms with Crippen LogP contribution in [0.2, 0.25) is 0 Å². The van der Waals surface area contributed by atoms with Gasteiger partial charge in [0.15, 0.2) is 6.23 Å². The summed E-state index contributed by atoms with van der Waals surface area (Å²) in [5.41, 5.74) is -1.46. The molecule has 1 N–H and O–H groups in total. The first-order valence-corrected chi connectivity index (χ1v) is 7.21. The Balaban J connectivity index is 2.10. The zero-order valence-corrected chi connectivity index (χ0v) is 12.8. The fourth-order valence-electron chi connectivity index (χ4n) is 3.14. The van der Waals surface area contributed by atoms with Crippen molar-refractivity contribution in [2.45, 2.75) is 18.2 Å². The summed E-state index contributed by atoms with van der Waals surface area (Å²) in [5.74, 6) is -2.67. The Labute approximate surface area is 132 Å². The van der Waals surface area contributed by atoms with Crippen LogP contribution in [0.4, 0.5) is 4.79 Å². The first-order valence-electron chi connectivity index (χ1n) is 7.21. The molecule has 3 aliphatic heterocycles. The minimum absolute atomic E-state index is 0.111. The summed E-state index contributed by atoms with van der Waals surface area (Å²) in [7, 11) is 2.98. The van der Waals surface area contributed by atoms with Crippen molar-refractivity contribution in [3.63, 3.8) is 0 Å². The van der Waals surface area contributed by atoms with E-state index in [1.54, 1.807) is 0 Å². The van der Waals surface area contributed by atoms with E-state index in [-0.39, 0.29) is 18.9 Å². The second-order valence-corrected chi connectivity index (χ2v) is 6.02. The highest BCUT2D eigenvalue weighted by Crippen LogP contribution is 2.38. The van der Waals surface area contributed by atoms with E-state index in [4.69, 9.17) is 9.47 Å². The van der Waals surface area contributed by atoms with E-state index in [1.807, 2.05) is 0 Å². The maximum absolute atomic E-state index is 12.9. The minimum Gasteiger partial charge on any atom is -0.444 e. The minimum atomic E-state index is -1.46. The van der Waals surface area contributed by atoms with Crippen LogP contribution in [0.5, 0.6) is 0 Å². The van der Waals surface area contributed by atoms with Crippen LogP contribution in [0, 0.1) is 5.92 Å². The highest BCUT2D eigenvalue weighted by molar-refractivity contribution is 6.02. The molecule has 3 unspecified atom stereocenters. The lowest BCUT2D eigenvalue weighted by molar-refractivity contribution is -0.202. The van der Waals surface area contributed by atoms with Crippen LogP contribution in [-0.4, -0.2) is 72.7 Å². The summed E-state index contributed by atoms with van der Waals surface area (Å²) >= 11 is 0. The van der Waals surface area contributed by atoms with Gasteiger partial charge in [0.25, 0.3) is 5.91 Å². The third-order valence-electron chi connectivity index (χ3n) is 4.15. The van der Waals surface area contributed by atoms with E-state index in [9.17, 15) is 19.2 Å². The van der Waals surface area contributed by atoms with Gasteiger partial charge in [-0.1, -0.05) is 0 Å². The molecule has 0 radical (unpaired) electrons. The van der Waals surface area contributed by atoms with Gasteiger partial charge < -0.3 is 19.7 Å². The fourth-order valence-corrected chi connectivity index (χ4v) is 3.14. The molecule has 124 valence electrons. The molecule has 0 aromatic carbocycles. The molecule has 3 heterocycles. The molecule has 0 aromatic rings. The summed E-state index contributed by atoms with van der Waals surface area (Å²) in [4.78, 5) is 51.2. The molecule has 3 atom stereocenters. The van der Waals surface area contributed by atoms with Gasteiger partial charge in [-0.3, -0.25) is 4.79 Å². The smallest absolute Gasteiger partial charge is 0.332 e. The summed E-state index contributed by atoms with van der Waals surface area (Å²) < 4.78 is 10.6. The van der Waals surface area contributed by atoms with Gasteiger partial charge >= 0.3 is 18.0 Å². The lowest BCUT2D eigenvalue weighted by Crippen LogP contribution is -2.72. The predicted octanol–water partition coefficient (Wildman–Crippen LogP) is -1.16. The lowest BCUT2D eigenvalue weighted by atomic mass is 9.79. The number of amides is 3. The molecule has 9 heteroatoms. The monoisotopic (exact) mass is 323 g/mol. The number of nitrogens with one attached hydrogen (secondary N) is 1. The Morgan fingerprint density at radius 2 is 2.00 bits per heavy atom. The van der Waals surface area contributed by atoms with E-state index in [0.717, 1.165) is 17.1 Å². The molecular formula is C14H17N3O6. The van der Waals surface area contributed by atoms with Gasteiger partial charge in [0.05, 0.1) is 0 Å². The van der Waals surface area contributed by atoms with E-state index in [0.29, 0.717) is 6.54 Å². The van der Waals surface area contributed by atoms with Crippen LogP contribution >= 0.6 is 0 Å². The molecule has 3 bridgehead atoms. The number of hydrogen-bond acceptors (Lipinski definition) is 7. The standard InChI is InChI=1S/C14H17N3O6/c1-16(2)13(21)17-11-8-5-14(12(17)20,7-15-6-8)23-10(19)4-3-9(18)22-11/h3-4,8,11,15H,5-7H2,1-2H3/b4-3+. The summed E-state index contributed by atoms with van der Waals surface area (Å²) in [6.07, 6.45) is 1.03. The number of nitrogens with zero attached hydrogens (tertiary/aromatic N) is 2. The van der Waals surface area contributed by atoms with E-state index in [1.165, 1.54) is 19.0 Å². The van der Waals surface area contributed by atoms with E-state index >= 15 is 0 Å². The second-order valence-electron chi connectivity index (χ2n) is 6.02. The number of esters is 2. The first-order chi connectivity index (χ1) is 10.8. The van der Waals surface area contributed by atoms with Gasteiger partial charge in [-0.15, -0.1) is 0 Å². The van der Waals surface area contributed by atoms with Gasteiger partial charge in [-0.05, 0) is 0 Å². The molecule has 3 rings (SSSR count). The topological polar surface area (TPSA) is 105 Å². The number of urea groups is 1. The molecule has 0 saturated carbocycles. The number of piperidine rings is 2. The van der Waals surface area contributed by atoms with Crippen molar-refractivity contribution in [3.8, 4) is 0 Å². The summed E-state index contributed by atoms with van der Waals surface area (Å²) in [5, 5.41) is 3.01. The Bertz CT molecular complexity index is 616. The molecule has 23 heavy (non-hydrogen) atoms. The molecule has 0 aliphatic carbocycles. The number of carbonyl (C=O) groups is 4. The van der Waals surface area contributed by atoms with Crippen molar-refractivity contribution in [1.29, 1.82) is 0 Å². The molecule has 3 amide bonds. The fraction of sp³-hybridized carbons (Fsp3) is 0.571. The number of hydrogen-bond donors (Lipinski definition) is 1. The van der Waals surface area contributed by atoms with Crippen molar-refractivity contribution in [2.24, 2.45) is 5.92 Å². The summed E-state index contributed by atoms with van der Waals surface area (Å²) in [6, 6.07) is -0.621. The Hall–Kier alpha value is -2.42. The lowest BCUT2D eigenvalue weighted by Gasteiger charge is -2.50. The average molecular weight is 323 g/mol. The van der Waals surface area contributed by atoms with Gasteiger partial charge in [-0.2, -0.15) is 0 Å². The van der Waals surface area contributed by atoms with E-state index < -0.39 is 35.7 Å². The third-order valence-corrected chi connectivity index (χ3v) is 4.15. The molecule has 9 nitrogen and oxygen atoms in total. The van der Waals surface area contributed by atoms with Crippen molar-refractivity contribution in [2.75, 3.05) is 27.2 Å². The number of carbonyl (C=O) groups excluding carboxylic acids is 4. The van der Waals surface area contributed by atoms with Crippen molar-refractivity contribution < 1.29 is 28.7 Å². The Morgan fingerprint density at radius 1 is 1.30 bits per heavy atom. The van der Waals surface area contributed by atoms with Crippen molar-refractivity contribution >= 4 is 23.9 Å². The quantitative estimate of drug-likeness (QED) is 0.561. The molecular weight excluding hydrogens is 306 g/mol. The molecule has 0 spiro atoms. The number of imide groups is 1. The van der Waals surface area contributed by atoms with Crippen LogP contribution in [0.1, 0.15) is 6.42 Å². The van der Waals surface area contributed by atoms with E-state index in [2.05, 4.69) is 5.32 Å². The zero-order valence-electron chi connectivity index (χ0n) is 12.8. The average Bonchev–Trinajstić information content (AvgIpc) is 2.50. The highest BCUT2D eigenvalue weighted by Gasteiger charge is 2.59. The SMILES string of the molecule is CN(C)C(=O)N1C(=O)C23CNCC(C2)C1OC(=O)/C=C/C(=O)O3. The highest BCUT2D eigenvalue weighted by atomic mass is 16.6. The van der Waals surface area contributed by atoms with Gasteiger partial charge in [0.1, 0.15) is 0 Å². The maximum atomic E-state index is 12.9. The van der Waals surface area contributed by atoms with Gasteiger partial charge in [0.2, 0.25) is 5.60 Å². The predicted molar refractivity (Wildman–Crippen MR) is 74.7 cm³/mol. The van der Waals surface area contributed by atoms with Crippen LogP contribution in [0.3, 0.4) is 0 Å². The zero-order chi connectivity index (χ0) is 16.8. The number of rotatable bonds is 0. The Kier molecular flexibility index (Phi) is 3.59. The van der Waals surface area contributed by atoms with Crippen LogP contribution in [0.15, 0.2) is 12.2 Å². The third kappa shape index (κ3) is 2.46. The van der Waals surface area contributed by atoms with Crippen LogP contribution in [0.25, 0.3) is 0 Å². The normalized spacial score (nSPS) is 34.5. The number of ether oxygens (including phenoxy) is 2. The second kappa shape index (κ2) is 5.34. The maximum Gasteiger partial charge on any atom is 0.332 e. The van der Waals surface area contributed by atoms with Gasteiger partial charge in [0, 0.05) is 51.7 Å². The van der Waals surface area contributed by atoms with Crippen molar-refractivity contribution in [1.82, 2.24) is 15.1 Å². The molecule has 2 fully saturated rings. The summed E-state index contributed by atoms with van der Waals surface area (Å²) in [6.45, 7) is 0.547. The first kappa shape index (κ1) is 15.5. The largest absolute Gasteiger partial charge is 0.444 e. The van der Waals surface area contributed by atoms with Gasteiger partial charge in [-0.25, -0.2) is 19.3 Å².